The molecular weight excluding hydrogens is 504 g/mol. The van der Waals surface area contributed by atoms with E-state index in [0.717, 1.165) is 27.8 Å². The summed E-state index contributed by atoms with van der Waals surface area (Å²) in [5.74, 6) is 0. The van der Waals surface area contributed by atoms with Crippen LogP contribution in [0.1, 0.15) is 5.56 Å². The van der Waals surface area contributed by atoms with Crippen molar-refractivity contribution in [2.45, 2.75) is 0 Å². The van der Waals surface area contributed by atoms with Gasteiger partial charge in [-0.25, -0.2) is 0 Å². The van der Waals surface area contributed by atoms with Gasteiger partial charge >= 0.3 is 0 Å². The minimum absolute atomic E-state index is 0.652. The summed E-state index contributed by atoms with van der Waals surface area (Å²) < 4.78 is 4.79. The fourth-order valence-electron chi connectivity index (χ4n) is 6.00. The molecule has 0 fully saturated rings. The molecule has 0 N–H and O–H groups in total. The Bertz CT molecular complexity index is 2230. The van der Waals surface area contributed by atoms with Crippen LogP contribution in [-0.2, 0) is 0 Å². The monoisotopic (exact) mass is 526 g/mol. The summed E-state index contributed by atoms with van der Waals surface area (Å²) in [4.78, 5) is 0. The molecule has 6 aromatic carbocycles. The molecule has 0 aliphatic carbocycles. The van der Waals surface area contributed by atoms with E-state index < -0.39 is 0 Å². The molecule has 186 valence electrons. The van der Waals surface area contributed by atoms with Crippen molar-refractivity contribution in [1.29, 1.82) is 5.26 Å². The molecule has 8 rings (SSSR count). The highest BCUT2D eigenvalue weighted by Crippen LogP contribution is 2.42. The first-order valence-electron chi connectivity index (χ1n) is 13.3. The summed E-state index contributed by atoms with van der Waals surface area (Å²) in [5, 5.41) is 15.0. The average Bonchev–Trinajstić information content (AvgIpc) is 3.57. The number of benzene rings is 6. The molecule has 40 heavy (non-hydrogen) atoms. The van der Waals surface area contributed by atoms with Gasteiger partial charge in [0.25, 0.3) is 0 Å². The van der Waals surface area contributed by atoms with Crippen LogP contribution >= 0.6 is 11.3 Å². The number of aromatic nitrogens is 1. The summed E-state index contributed by atoms with van der Waals surface area (Å²) in [6.45, 7) is 0. The van der Waals surface area contributed by atoms with Crippen molar-refractivity contribution in [1.82, 2.24) is 4.57 Å². The van der Waals surface area contributed by atoms with Crippen LogP contribution in [0, 0.1) is 11.3 Å². The van der Waals surface area contributed by atoms with Crippen LogP contribution in [0.15, 0.2) is 133 Å². The molecule has 3 heteroatoms. The Morgan fingerprint density at radius 1 is 0.525 bits per heavy atom. The Balaban J connectivity index is 1.37. The number of fused-ring (bicyclic) bond motifs is 6. The van der Waals surface area contributed by atoms with E-state index >= 15 is 0 Å². The van der Waals surface area contributed by atoms with E-state index in [9.17, 15) is 5.26 Å². The number of thiophene rings is 1. The lowest BCUT2D eigenvalue weighted by Crippen LogP contribution is -1.96. The van der Waals surface area contributed by atoms with E-state index in [1.165, 1.54) is 42.1 Å². The zero-order valence-electron chi connectivity index (χ0n) is 21.5. The van der Waals surface area contributed by atoms with Crippen molar-refractivity contribution in [2.75, 3.05) is 0 Å². The number of para-hydroxylation sites is 2. The summed E-state index contributed by atoms with van der Waals surface area (Å²) in [5.41, 5.74) is 8.57. The van der Waals surface area contributed by atoms with Crippen LogP contribution in [0.2, 0.25) is 0 Å². The van der Waals surface area contributed by atoms with Gasteiger partial charge in [0.05, 0.1) is 22.7 Å². The number of nitrogens with zero attached hydrogens (tertiary/aromatic N) is 2. The van der Waals surface area contributed by atoms with Crippen LogP contribution in [0.3, 0.4) is 0 Å². The van der Waals surface area contributed by atoms with Gasteiger partial charge in [-0.2, -0.15) is 5.26 Å². The van der Waals surface area contributed by atoms with Crippen molar-refractivity contribution in [3.05, 3.63) is 139 Å². The van der Waals surface area contributed by atoms with Crippen molar-refractivity contribution in [3.63, 3.8) is 0 Å². The lowest BCUT2D eigenvalue weighted by Gasteiger charge is -2.12. The van der Waals surface area contributed by atoms with Gasteiger partial charge in [0, 0.05) is 36.6 Å². The van der Waals surface area contributed by atoms with E-state index in [1.807, 2.05) is 23.5 Å². The fourth-order valence-corrected chi connectivity index (χ4v) is 7.22. The highest BCUT2D eigenvalue weighted by Gasteiger charge is 2.16. The summed E-state index contributed by atoms with van der Waals surface area (Å²) in [7, 11) is 0. The second-order valence-corrected chi connectivity index (χ2v) is 11.2. The van der Waals surface area contributed by atoms with Gasteiger partial charge < -0.3 is 4.57 Å². The Kier molecular flexibility index (Phi) is 5.10. The summed E-state index contributed by atoms with van der Waals surface area (Å²) in [6, 6.07) is 49.5. The third-order valence-electron chi connectivity index (χ3n) is 7.80. The zero-order valence-corrected chi connectivity index (χ0v) is 22.3. The maximum Gasteiger partial charge on any atom is 0.0992 e. The van der Waals surface area contributed by atoms with Crippen LogP contribution in [-0.4, -0.2) is 4.57 Å². The second-order valence-electron chi connectivity index (χ2n) is 10.1. The van der Waals surface area contributed by atoms with Crippen LogP contribution in [0.5, 0.6) is 0 Å². The first-order chi connectivity index (χ1) is 19.8. The molecule has 0 atom stereocenters. The Morgan fingerprint density at radius 3 is 1.98 bits per heavy atom. The molecule has 0 aliphatic rings. The van der Waals surface area contributed by atoms with Gasteiger partial charge in [-0.05, 0) is 64.7 Å². The molecule has 2 aromatic heterocycles. The standard InChI is InChI=1S/C37H22N2S/c38-23-24-19-27(21-28(20-24)39-34-15-6-4-11-30(34)31-12-5-7-16-35(31)39)29-13-8-14-32-33-22-26(25-9-2-1-3-10-25)17-18-36(33)40-37(29)32/h1-22H. The maximum absolute atomic E-state index is 10.1. The fraction of sp³-hybridized carbons (Fsp3) is 0. The van der Waals surface area contributed by atoms with E-state index in [0.29, 0.717) is 5.56 Å². The highest BCUT2D eigenvalue weighted by molar-refractivity contribution is 7.26. The summed E-state index contributed by atoms with van der Waals surface area (Å²) in [6.07, 6.45) is 0. The molecule has 8 aromatic rings. The molecule has 2 nitrogen and oxygen atoms in total. The normalized spacial score (nSPS) is 11.5. The van der Waals surface area contributed by atoms with Crippen LogP contribution < -0.4 is 0 Å². The molecule has 0 saturated carbocycles. The molecule has 0 bridgehead atoms. The first-order valence-corrected chi connectivity index (χ1v) is 14.1. The van der Waals surface area contributed by atoms with Gasteiger partial charge in [-0.1, -0.05) is 91.0 Å². The van der Waals surface area contributed by atoms with Crippen molar-refractivity contribution < 1.29 is 0 Å². The van der Waals surface area contributed by atoms with Crippen molar-refractivity contribution >= 4 is 53.3 Å². The second kappa shape index (κ2) is 8.95. The van der Waals surface area contributed by atoms with E-state index in [-0.39, 0.29) is 0 Å². The Labute approximate surface area is 235 Å². The predicted octanol–water partition coefficient (Wildman–Crippen LogP) is 10.4. The molecule has 2 heterocycles. The number of hydrogen-bond acceptors (Lipinski definition) is 2. The molecule has 0 unspecified atom stereocenters. The smallest absolute Gasteiger partial charge is 0.0992 e. The molecule has 0 spiro atoms. The summed E-state index contributed by atoms with van der Waals surface area (Å²) >= 11 is 1.82. The predicted molar refractivity (Wildman–Crippen MR) is 169 cm³/mol. The molecule has 0 aliphatic heterocycles. The third-order valence-corrected chi connectivity index (χ3v) is 9.02. The van der Waals surface area contributed by atoms with Gasteiger partial charge in [-0.3, -0.25) is 0 Å². The quantitative estimate of drug-likeness (QED) is 0.225. The number of hydrogen-bond donors (Lipinski definition) is 0. The topological polar surface area (TPSA) is 28.7 Å². The maximum atomic E-state index is 10.1. The SMILES string of the molecule is N#Cc1cc(-c2cccc3c2sc2ccc(-c4ccccc4)cc23)cc(-n2c3ccccc3c3ccccc32)c1. The van der Waals surface area contributed by atoms with Gasteiger partial charge in [0.15, 0.2) is 0 Å². The average molecular weight is 527 g/mol. The molecule has 0 radical (unpaired) electrons. The Hall–Kier alpha value is -5.17. The minimum atomic E-state index is 0.652. The van der Waals surface area contributed by atoms with Crippen molar-refractivity contribution in [2.24, 2.45) is 0 Å². The largest absolute Gasteiger partial charge is 0.309 e. The lowest BCUT2D eigenvalue weighted by molar-refractivity contribution is 1.18. The van der Waals surface area contributed by atoms with Gasteiger partial charge in [-0.15, -0.1) is 11.3 Å². The van der Waals surface area contributed by atoms with Gasteiger partial charge in [0.1, 0.15) is 0 Å². The first kappa shape index (κ1) is 22.8. The van der Waals surface area contributed by atoms with E-state index in [2.05, 4.69) is 132 Å². The highest BCUT2D eigenvalue weighted by atomic mass is 32.1. The van der Waals surface area contributed by atoms with Crippen LogP contribution in [0.4, 0.5) is 0 Å². The molecule has 0 saturated heterocycles. The third kappa shape index (κ3) is 3.48. The minimum Gasteiger partial charge on any atom is -0.309 e. The van der Waals surface area contributed by atoms with Crippen LogP contribution in [0.25, 0.3) is 69.9 Å². The number of nitriles is 1. The van der Waals surface area contributed by atoms with E-state index in [4.69, 9.17) is 0 Å². The van der Waals surface area contributed by atoms with Gasteiger partial charge in [0.2, 0.25) is 0 Å². The lowest BCUT2D eigenvalue weighted by atomic mass is 9.99. The Morgan fingerprint density at radius 2 is 1.23 bits per heavy atom. The van der Waals surface area contributed by atoms with Crippen molar-refractivity contribution in [3.8, 4) is 34.0 Å². The van der Waals surface area contributed by atoms with E-state index in [1.54, 1.807) is 0 Å². The molecular formula is C37H22N2S. The zero-order chi connectivity index (χ0) is 26.6. The number of rotatable bonds is 3. The molecule has 0 amide bonds.